The van der Waals surface area contributed by atoms with Gasteiger partial charge in [-0.05, 0) is 43.2 Å². The lowest BCUT2D eigenvalue weighted by molar-refractivity contribution is -0.120. The highest BCUT2D eigenvalue weighted by Gasteiger charge is 2.20. The zero-order chi connectivity index (χ0) is 15.1. The van der Waals surface area contributed by atoms with Crippen LogP contribution in [0.15, 0.2) is 23.1 Å². The number of thioether (sulfide) groups is 1. The minimum absolute atomic E-state index is 0.140. The Bertz CT molecular complexity index is 468. The number of hydrogen-bond acceptors (Lipinski definition) is 3. The molecule has 0 aromatic heterocycles. The Morgan fingerprint density at radius 2 is 2.00 bits per heavy atom. The van der Waals surface area contributed by atoms with Crippen molar-refractivity contribution in [2.45, 2.75) is 56.8 Å². The first-order chi connectivity index (χ1) is 10.2. The van der Waals surface area contributed by atoms with Crippen molar-refractivity contribution in [3.8, 4) is 0 Å². The van der Waals surface area contributed by atoms with E-state index < -0.39 is 0 Å². The Morgan fingerprint density at radius 3 is 2.67 bits per heavy atom. The predicted molar refractivity (Wildman–Crippen MR) is 91.7 cm³/mol. The average Bonchev–Trinajstić information content (AvgIpc) is 2.77. The van der Waals surface area contributed by atoms with E-state index in [1.165, 1.54) is 30.6 Å². The van der Waals surface area contributed by atoms with E-state index in [9.17, 15) is 4.79 Å². The number of benzene rings is 1. The van der Waals surface area contributed by atoms with Gasteiger partial charge >= 0.3 is 0 Å². The number of hydrogen-bond donors (Lipinski definition) is 2. The molecule has 2 rings (SSSR count). The van der Waals surface area contributed by atoms with Crippen molar-refractivity contribution < 1.29 is 4.79 Å². The standard InChI is InChI=1S/C17H26N2OS/c1-2-11-21-14-9-10-15(18)16(12-14)19-17(20)13-7-5-3-4-6-8-13/h9-10,12-13H,2-8,11,18H2,1H3,(H,19,20). The van der Waals surface area contributed by atoms with E-state index in [2.05, 4.69) is 12.2 Å². The molecule has 0 aliphatic heterocycles. The third-order valence-electron chi connectivity index (χ3n) is 3.98. The normalized spacial score (nSPS) is 16.4. The lowest BCUT2D eigenvalue weighted by Crippen LogP contribution is -2.22. The van der Waals surface area contributed by atoms with Crippen LogP contribution < -0.4 is 11.1 Å². The van der Waals surface area contributed by atoms with Crippen molar-refractivity contribution in [1.82, 2.24) is 0 Å². The molecule has 0 atom stereocenters. The van der Waals surface area contributed by atoms with E-state index in [0.29, 0.717) is 5.69 Å². The molecule has 1 amide bonds. The van der Waals surface area contributed by atoms with Gasteiger partial charge in [-0.3, -0.25) is 4.79 Å². The molecule has 1 aliphatic rings. The van der Waals surface area contributed by atoms with E-state index in [1.54, 1.807) is 11.8 Å². The summed E-state index contributed by atoms with van der Waals surface area (Å²) >= 11 is 1.80. The molecule has 4 heteroatoms. The summed E-state index contributed by atoms with van der Waals surface area (Å²) in [5, 5.41) is 3.05. The Hall–Kier alpha value is -1.16. The molecule has 3 nitrogen and oxygen atoms in total. The minimum atomic E-state index is 0.140. The van der Waals surface area contributed by atoms with Gasteiger partial charge in [0.15, 0.2) is 0 Å². The zero-order valence-electron chi connectivity index (χ0n) is 12.9. The fraction of sp³-hybridized carbons (Fsp3) is 0.588. The molecular weight excluding hydrogens is 280 g/mol. The SMILES string of the molecule is CCCSc1ccc(N)c(NC(=O)C2CCCCCC2)c1. The highest BCUT2D eigenvalue weighted by molar-refractivity contribution is 7.99. The molecule has 1 fully saturated rings. The molecule has 0 unspecified atom stereocenters. The fourth-order valence-corrected chi connectivity index (χ4v) is 3.53. The molecular formula is C17H26N2OS. The quantitative estimate of drug-likeness (QED) is 0.472. The molecule has 3 N–H and O–H groups in total. The van der Waals surface area contributed by atoms with Gasteiger partial charge in [-0.1, -0.05) is 32.6 Å². The number of nitrogens with two attached hydrogens (primary N) is 1. The van der Waals surface area contributed by atoms with E-state index in [-0.39, 0.29) is 11.8 Å². The summed E-state index contributed by atoms with van der Waals surface area (Å²) in [4.78, 5) is 13.6. The second kappa shape index (κ2) is 8.32. The van der Waals surface area contributed by atoms with Crippen molar-refractivity contribution in [2.24, 2.45) is 5.92 Å². The molecule has 1 aromatic carbocycles. The van der Waals surface area contributed by atoms with Crippen molar-refractivity contribution in [2.75, 3.05) is 16.8 Å². The summed E-state index contributed by atoms with van der Waals surface area (Å²) in [6, 6.07) is 5.92. The van der Waals surface area contributed by atoms with Gasteiger partial charge in [-0.15, -0.1) is 11.8 Å². The molecule has 21 heavy (non-hydrogen) atoms. The van der Waals surface area contributed by atoms with Crippen LogP contribution in [0.4, 0.5) is 11.4 Å². The van der Waals surface area contributed by atoms with Gasteiger partial charge in [-0.2, -0.15) is 0 Å². The number of amides is 1. The lowest BCUT2D eigenvalue weighted by Gasteiger charge is -2.16. The van der Waals surface area contributed by atoms with Gasteiger partial charge in [-0.25, -0.2) is 0 Å². The molecule has 1 aromatic rings. The highest BCUT2D eigenvalue weighted by Crippen LogP contribution is 2.29. The first-order valence-electron chi connectivity index (χ1n) is 8.04. The maximum Gasteiger partial charge on any atom is 0.227 e. The van der Waals surface area contributed by atoms with Crippen LogP contribution in [0.3, 0.4) is 0 Å². The summed E-state index contributed by atoms with van der Waals surface area (Å²) in [6.07, 6.45) is 8.01. The van der Waals surface area contributed by atoms with Crippen LogP contribution in [0.5, 0.6) is 0 Å². The maximum atomic E-state index is 12.4. The molecule has 1 saturated carbocycles. The third kappa shape index (κ3) is 4.95. The van der Waals surface area contributed by atoms with E-state index in [4.69, 9.17) is 5.73 Å². The number of rotatable bonds is 5. The first-order valence-corrected chi connectivity index (χ1v) is 9.02. The lowest BCUT2D eigenvalue weighted by atomic mass is 9.99. The van der Waals surface area contributed by atoms with Crippen LogP contribution >= 0.6 is 11.8 Å². The van der Waals surface area contributed by atoms with E-state index >= 15 is 0 Å². The second-order valence-corrected chi connectivity index (χ2v) is 6.94. The molecule has 0 saturated heterocycles. The van der Waals surface area contributed by atoms with Gasteiger partial charge < -0.3 is 11.1 Å². The number of carbonyl (C=O) groups is 1. The van der Waals surface area contributed by atoms with Crippen LogP contribution in [0.1, 0.15) is 51.9 Å². The maximum absolute atomic E-state index is 12.4. The summed E-state index contributed by atoms with van der Waals surface area (Å²) in [5.41, 5.74) is 7.42. The Morgan fingerprint density at radius 1 is 1.29 bits per heavy atom. The smallest absolute Gasteiger partial charge is 0.227 e. The van der Waals surface area contributed by atoms with Crippen LogP contribution in [-0.4, -0.2) is 11.7 Å². The van der Waals surface area contributed by atoms with Crippen molar-refractivity contribution in [1.29, 1.82) is 0 Å². The average molecular weight is 306 g/mol. The Balaban J connectivity index is 2.01. The van der Waals surface area contributed by atoms with Crippen molar-refractivity contribution >= 4 is 29.0 Å². The Labute approximate surface area is 132 Å². The van der Waals surface area contributed by atoms with Crippen LogP contribution in [0.2, 0.25) is 0 Å². The van der Waals surface area contributed by atoms with Crippen LogP contribution in [0.25, 0.3) is 0 Å². The molecule has 0 radical (unpaired) electrons. The molecule has 0 heterocycles. The summed E-state index contributed by atoms with van der Waals surface area (Å²) < 4.78 is 0. The molecule has 0 bridgehead atoms. The molecule has 1 aliphatic carbocycles. The summed E-state index contributed by atoms with van der Waals surface area (Å²) in [7, 11) is 0. The van der Waals surface area contributed by atoms with Crippen LogP contribution in [0, 0.1) is 5.92 Å². The number of carbonyl (C=O) groups excluding carboxylic acids is 1. The number of anilines is 2. The van der Waals surface area contributed by atoms with Gasteiger partial charge in [0.2, 0.25) is 5.91 Å². The molecule has 116 valence electrons. The fourth-order valence-electron chi connectivity index (χ4n) is 2.73. The van der Waals surface area contributed by atoms with E-state index in [0.717, 1.165) is 30.7 Å². The van der Waals surface area contributed by atoms with Gasteiger partial charge in [0.25, 0.3) is 0 Å². The summed E-state index contributed by atoms with van der Waals surface area (Å²) in [5.74, 6) is 1.38. The van der Waals surface area contributed by atoms with Gasteiger partial charge in [0.1, 0.15) is 0 Å². The van der Waals surface area contributed by atoms with Crippen molar-refractivity contribution in [3.05, 3.63) is 18.2 Å². The summed E-state index contributed by atoms with van der Waals surface area (Å²) in [6.45, 7) is 2.17. The highest BCUT2D eigenvalue weighted by atomic mass is 32.2. The second-order valence-electron chi connectivity index (χ2n) is 5.78. The number of nitrogen functional groups attached to an aromatic ring is 1. The van der Waals surface area contributed by atoms with Crippen molar-refractivity contribution in [3.63, 3.8) is 0 Å². The largest absolute Gasteiger partial charge is 0.397 e. The van der Waals surface area contributed by atoms with E-state index in [1.807, 2.05) is 18.2 Å². The van der Waals surface area contributed by atoms with Gasteiger partial charge in [0.05, 0.1) is 11.4 Å². The number of nitrogens with one attached hydrogen (secondary N) is 1. The minimum Gasteiger partial charge on any atom is -0.397 e. The zero-order valence-corrected chi connectivity index (χ0v) is 13.7. The Kier molecular flexibility index (Phi) is 6.43. The third-order valence-corrected chi connectivity index (χ3v) is 5.18. The topological polar surface area (TPSA) is 55.1 Å². The van der Waals surface area contributed by atoms with Gasteiger partial charge in [0, 0.05) is 10.8 Å². The molecule has 0 spiro atoms. The predicted octanol–water partition coefficient (Wildman–Crippen LogP) is 4.68. The monoisotopic (exact) mass is 306 g/mol. The first kappa shape index (κ1) is 16.2. The van der Waals surface area contributed by atoms with Crippen LogP contribution in [-0.2, 0) is 4.79 Å².